The van der Waals surface area contributed by atoms with Crippen LogP contribution in [0.15, 0.2) is 47.3 Å². The summed E-state index contributed by atoms with van der Waals surface area (Å²) >= 11 is 0. The largest absolute Gasteiger partial charge is 0.335 e. The summed E-state index contributed by atoms with van der Waals surface area (Å²) in [5, 5.41) is 8.37. The summed E-state index contributed by atoms with van der Waals surface area (Å²) in [5.74, 6) is 0.660. The Morgan fingerprint density at radius 3 is 2.75 bits per heavy atom. The SMILES string of the molecule is CC=CCN1CCn2c1nnc(-c1ccccc1)c2=O. The molecule has 20 heavy (non-hydrogen) atoms. The zero-order chi connectivity index (χ0) is 13.9. The van der Waals surface area contributed by atoms with Gasteiger partial charge in [0, 0.05) is 25.2 Å². The van der Waals surface area contributed by atoms with Crippen molar-refractivity contribution >= 4 is 5.95 Å². The number of hydrogen-bond donors (Lipinski definition) is 0. The van der Waals surface area contributed by atoms with Gasteiger partial charge in [0.2, 0.25) is 5.95 Å². The van der Waals surface area contributed by atoms with Crippen LogP contribution in [0.2, 0.25) is 0 Å². The van der Waals surface area contributed by atoms with E-state index in [1.165, 1.54) is 0 Å². The monoisotopic (exact) mass is 268 g/mol. The van der Waals surface area contributed by atoms with E-state index in [2.05, 4.69) is 15.1 Å². The summed E-state index contributed by atoms with van der Waals surface area (Å²) in [6.07, 6.45) is 4.04. The molecule has 0 saturated heterocycles. The molecule has 0 bridgehead atoms. The Balaban J connectivity index is 2.02. The molecule has 2 aromatic rings. The third-order valence-corrected chi connectivity index (χ3v) is 3.41. The predicted molar refractivity (Wildman–Crippen MR) is 78.8 cm³/mol. The third-order valence-electron chi connectivity index (χ3n) is 3.41. The topological polar surface area (TPSA) is 51.0 Å². The normalized spacial score (nSPS) is 13.9. The molecule has 0 atom stereocenters. The fourth-order valence-corrected chi connectivity index (χ4v) is 2.35. The van der Waals surface area contributed by atoms with Gasteiger partial charge in [0.1, 0.15) is 0 Å². The summed E-state index contributed by atoms with van der Waals surface area (Å²) in [7, 11) is 0. The summed E-state index contributed by atoms with van der Waals surface area (Å²) in [4.78, 5) is 14.6. The minimum atomic E-state index is -0.0656. The van der Waals surface area contributed by atoms with Crippen molar-refractivity contribution in [2.45, 2.75) is 13.5 Å². The Bertz CT molecular complexity index is 691. The second kappa shape index (κ2) is 5.28. The van der Waals surface area contributed by atoms with Crippen LogP contribution in [0.4, 0.5) is 5.95 Å². The van der Waals surface area contributed by atoms with Crippen molar-refractivity contribution in [1.29, 1.82) is 0 Å². The minimum absolute atomic E-state index is 0.0656. The predicted octanol–water partition coefficient (Wildman–Crippen LogP) is 1.70. The van der Waals surface area contributed by atoms with Crippen LogP contribution < -0.4 is 10.5 Å². The van der Waals surface area contributed by atoms with E-state index in [0.29, 0.717) is 18.2 Å². The number of nitrogens with zero attached hydrogens (tertiary/aromatic N) is 4. The van der Waals surface area contributed by atoms with Gasteiger partial charge in [0.25, 0.3) is 5.56 Å². The second-order valence-corrected chi connectivity index (χ2v) is 4.69. The summed E-state index contributed by atoms with van der Waals surface area (Å²) in [6, 6.07) is 9.47. The maximum atomic E-state index is 12.5. The Kier molecular flexibility index (Phi) is 3.33. The lowest BCUT2D eigenvalue weighted by Crippen LogP contribution is -2.25. The number of anilines is 1. The first-order valence-electron chi connectivity index (χ1n) is 6.70. The van der Waals surface area contributed by atoms with Gasteiger partial charge >= 0.3 is 0 Å². The number of allylic oxidation sites excluding steroid dienone is 1. The molecule has 1 aliphatic heterocycles. The summed E-state index contributed by atoms with van der Waals surface area (Å²) in [5.41, 5.74) is 1.17. The molecule has 2 heterocycles. The van der Waals surface area contributed by atoms with Crippen molar-refractivity contribution in [1.82, 2.24) is 14.8 Å². The molecular weight excluding hydrogens is 252 g/mol. The number of hydrogen-bond acceptors (Lipinski definition) is 4. The molecule has 0 unspecified atom stereocenters. The lowest BCUT2D eigenvalue weighted by atomic mass is 10.2. The second-order valence-electron chi connectivity index (χ2n) is 4.69. The molecular formula is C15H16N4O. The first-order chi connectivity index (χ1) is 9.81. The van der Waals surface area contributed by atoms with E-state index in [0.717, 1.165) is 18.7 Å². The van der Waals surface area contributed by atoms with E-state index in [1.54, 1.807) is 4.57 Å². The zero-order valence-corrected chi connectivity index (χ0v) is 11.4. The molecule has 0 aliphatic carbocycles. The molecule has 102 valence electrons. The van der Waals surface area contributed by atoms with E-state index in [1.807, 2.05) is 49.4 Å². The number of fused-ring (bicyclic) bond motifs is 1. The van der Waals surface area contributed by atoms with Gasteiger partial charge in [0.15, 0.2) is 5.69 Å². The molecule has 0 amide bonds. The highest BCUT2D eigenvalue weighted by Crippen LogP contribution is 2.18. The minimum Gasteiger partial charge on any atom is -0.335 e. The molecule has 0 radical (unpaired) electrons. The van der Waals surface area contributed by atoms with Gasteiger partial charge < -0.3 is 4.90 Å². The van der Waals surface area contributed by atoms with Crippen LogP contribution in [-0.2, 0) is 6.54 Å². The smallest absolute Gasteiger partial charge is 0.281 e. The fraction of sp³-hybridized carbons (Fsp3) is 0.267. The van der Waals surface area contributed by atoms with Crippen LogP contribution in [0, 0.1) is 0 Å². The van der Waals surface area contributed by atoms with Crippen molar-refractivity contribution in [2.24, 2.45) is 0 Å². The Morgan fingerprint density at radius 1 is 1.20 bits per heavy atom. The van der Waals surface area contributed by atoms with Crippen molar-refractivity contribution in [3.63, 3.8) is 0 Å². The molecule has 0 saturated carbocycles. The van der Waals surface area contributed by atoms with Gasteiger partial charge in [0.05, 0.1) is 0 Å². The average molecular weight is 268 g/mol. The quantitative estimate of drug-likeness (QED) is 0.795. The molecule has 0 fully saturated rings. The lowest BCUT2D eigenvalue weighted by molar-refractivity contribution is 0.741. The molecule has 0 spiro atoms. The highest BCUT2D eigenvalue weighted by molar-refractivity contribution is 5.58. The van der Waals surface area contributed by atoms with E-state index >= 15 is 0 Å². The standard InChI is InChI=1S/C15H16N4O/c1-2-3-9-18-10-11-19-14(20)13(16-17-15(18)19)12-7-5-4-6-8-12/h2-8H,9-11H2,1H3. The molecule has 5 heteroatoms. The average Bonchev–Trinajstić information content (AvgIpc) is 2.90. The third kappa shape index (κ3) is 2.11. The molecule has 1 aliphatic rings. The fourth-order valence-electron chi connectivity index (χ4n) is 2.35. The molecule has 5 nitrogen and oxygen atoms in total. The Morgan fingerprint density at radius 2 is 2.00 bits per heavy atom. The maximum Gasteiger partial charge on any atom is 0.281 e. The van der Waals surface area contributed by atoms with Crippen LogP contribution in [0.25, 0.3) is 11.3 Å². The Labute approximate surface area is 117 Å². The first-order valence-corrected chi connectivity index (χ1v) is 6.70. The van der Waals surface area contributed by atoms with Crippen LogP contribution in [0.1, 0.15) is 6.92 Å². The first kappa shape index (κ1) is 12.6. The Hall–Kier alpha value is -2.43. The molecule has 1 aromatic carbocycles. The van der Waals surface area contributed by atoms with Crippen molar-refractivity contribution in [2.75, 3.05) is 18.0 Å². The number of rotatable bonds is 3. The lowest BCUT2D eigenvalue weighted by Gasteiger charge is -2.13. The zero-order valence-electron chi connectivity index (χ0n) is 11.4. The maximum absolute atomic E-state index is 12.5. The van der Waals surface area contributed by atoms with Crippen LogP contribution in [-0.4, -0.2) is 27.9 Å². The van der Waals surface area contributed by atoms with Crippen molar-refractivity contribution < 1.29 is 0 Å². The van der Waals surface area contributed by atoms with Gasteiger partial charge in [-0.15, -0.1) is 10.2 Å². The highest BCUT2D eigenvalue weighted by atomic mass is 16.1. The van der Waals surface area contributed by atoms with Crippen LogP contribution >= 0.6 is 0 Å². The van der Waals surface area contributed by atoms with Crippen molar-refractivity contribution in [3.8, 4) is 11.3 Å². The van der Waals surface area contributed by atoms with E-state index in [-0.39, 0.29) is 5.56 Å². The van der Waals surface area contributed by atoms with Gasteiger partial charge in [-0.25, -0.2) is 0 Å². The molecule has 1 aromatic heterocycles. The van der Waals surface area contributed by atoms with Gasteiger partial charge in [-0.3, -0.25) is 9.36 Å². The van der Waals surface area contributed by atoms with E-state index < -0.39 is 0 Å². The highest BCUT2D eigenvalue weighted by Gasteiger charge is 2.23. The molecule has 3 rings (SSSR count). The van der Waals surface area contributed by atoms with Crippen LogP contribution in [0.5, 0.6) is 0 Å². The number of aromatic nitrogens is 3. The summed E-state index contributed by atoms with van der Waals surface area (Å²) < 4.78 is 1.71. The van der Waals surface area contributed by atoms with E-state index in [4.69, 9.17) is 0 Å². The summed E-state index contributed by atoms with van der Waals surface area (Å²) in [6.45, 7) is 4.20. The van der Waals surface area contributed by atoms with Crippen molar-refractivity contribution in [3.05, 3.63) is 52.8 Å². The van der Waals surface area contributed by atoms with Gasteiger partial charge in [-0.05, 0) is 6.92 Å². The van der Waals surface area contributed by atoms with Gasteiger partial charge in [-0.1, -0.05) is 42.5 Å². The van der Waals surface area contributed by atoms with Gasteiger partial charge in [-0.2, -0.15) is 0 Å². The molecule has 0 N–H and O–H groups in total. The van der Waals surface area contributed by atoms with E-state index in [9.17, 15) is 4.79 Å². The van der Waals surface area contributed by atoms with Crippen LogP contribution in [0.3, 0.4) is 0 Å². The number of benzene rings is 1.